The number of esters is 1. The number of nitrogens with zero attached hydrogens (tertiary/aromatic N) is 1. The largest absolute Gasteiger partial charge is 0.481 e. The van der Waals surface area contributed by atoms with Crippen molar-refractivity contribution in [2.24, 2.45) is 5.92 Å². The fourth-order valence-corrected chi connectivity index (χ4v) is 1.59. The Morgan fingerprint density at radius 3 is 2.59 bits per heavy atom. The topological polar surface area (TPSA) is 68.7 Å². The van der Waals surface area contributed by atoms with Gasteiger partial charge in [-0.15, -0.1) is 0 Å². The predicted molar refractivity (Wildman–Crippen MR) is 61.5 cm³/mol. The summed E-state index contributed by atoms with van der Waals surface area (Å²) in [5.74, 6) is -0.530. The standard InChI is InChI=1S/C12H17NO4/c1-4-9(12(15)17-3)11(14)8-5-6-10(16-2)13-7-8/h5-7,9,11,14H,4H2,1-3H3. The summed E-state index contributed by atoms with van der Waals surface area (Å²) in [4.78, 5) is 15.4. The van der Waals surface area contributed by atoms with E-state index in [4.69, 9.17) is 4.74 Å². The van der Waals surface area contributed by atoms with E-state index >= 15 is 0 Å². The van der Waals surface area contributed by atoms with Gasteiger partial charge < -0.3 is 14.6 Å². The molecule has 1 rings (SSSR count). The molecule has 0 aliphatic heterocycles. The van der Waals surface area contributed by atoms with Gasteiger partial charge in [-0.3, -0.25) is 4.79 Å². The molecule has 5 heteroatoms. The van der Waals surface area contributed by atoms with Crippen molar-refractivity contribution in [3.8, 4) is 5.88 Å². The van der Waals surface area contributed by atoms with Crippen molar-refractivity contribution >= 4 is 5.97 Å². The van der Waals surface area contributed by atoms with Gasteiger partial charge in [0.15, 0.2) is 0 Å². The Labute approximate surface area is 100 Å². The van der Waals surface area contributed by atoms with Gasteiger partial charge in [0.2, 0.25) is 5.88 Å². The van der Waals surface area contributed by atoms with E-state index in [2.05, 4.69) is 9.72 Å². The number of aliphatic hydroxyl groups is 1. The lowest BCUT2D eigenvalue weighted by Crippen LogP contribution is -2.23. The van der Waals surface area contributed by atoms with E-state index in [9.17, 15) is 9.90 Å². The summed E-state index contributed by atoms with van der Waals surface area (Å²) in [6, 6.07) is 3.32. The molecule has 5 nitrogen and oxygen atoms in total. The molecule has 17 heavy (non-hydrogen) atoms. The van der Waals surface area contributed by atoms with Crippen molar-refractivity contribution in [2.45, 2.75) is 19.4 Å². The van der Waals surface area contributed by atoms with Gasteiger partial charge >= 0.3 is 5.97 Å². The highest BCUT2D eigenvalue weighted by atomic mass is 16.5. The number of aromatic nitrogens is 1. The lowest BCUT2D eigenvalue weighted by Gasteiger charge is -2.19. The third-order valence-electron chi connectivity index (χ3n) is 2.63. The molecule has 94 valence electrons. The highest BCUT2D eigenvalue weighted by Crippen LogP contribution is 2.25. The van der Waals surface area contributed by atoms with Crippen molar-refractivity contribution in [3.63, 3.8) is 0 Å². The summed E-state index contributed by atoms with van der Waals surface area (Å²) in [5.41, 5.74) is 0.572. The number of pyridine rings is 1. The Kier molecular flexibility index (Phi) is 4.90. The summed E-state index contributed by atoms with van der Waals surface area (Å²) < 4.78 is 9.57. The number of carbonyl (C=O) groups is 1. The Balaban J connectivity index is 2.85. The van der Waals surface area contributed by atoms with E-state index in [1.54, 1.807) is 12.1 Å². The molecule has 0 spiro atoms. The van der Waals surface area contributed by atoms with Crippen molar-refractivity contribution < 1.29 is 19.4 Å². The van der Waals surface area contributed by atoms with E-state index < -0.39 is 18.0 Å². The summed E-state index contributed by atoms with van der Waals surface area (Å²) in [6.45, 7) is 1.82. The normalized spacial score (nSPS) is 13.9. The molecule has 0 saturated heterocycles. The van der Waals surface area contributed by atoms with Crippen LogP contribution >= 0.6 is 0 Å². The smallest absolute Gasteiger partial charge is 0.311 e. The Bertz CT molecular complexity index is 363. The number of rotatable bonds is 5. The van der Waals surface area contributed by atoms with Crippen LogP contribution < -0.4 is 4.74 Å². The van der Waals surface area contributed by atoms with Gasteiger partial charge in [-0.2, -0.15) is 0 Å². The van der Waals surface area contributed by atoms with Crippen molar-refractivity contribution in [3.05, 3.63) is 23.9 Å². The molecule has 0 aliphatic carbocycles. The summed E-state index contributed by atoms with van der Waals surface area (Å²) >= 11 is 0. The number of hydrogen-bond acceptors (Lipinski definition) is 5. The first-order valence-electron chi connectivity index (χ1n) is 5.39. The van der Waals surface area contributed by atoms with E-state index in [1.807, 2.05) is 6.92 Å². The van der Waals surface area contributed by atoms with E-state index in [1.165, 1.54) is 20.4 Å². The van der Waals surface area contributed by atoms with Gasteiger partial charge in [0, 0.05) is 12.3 Å². The second-order valence-electron chi connectivity index (χ2n) is 3.62. The number of methoxy groups -OCH3 is 2. The Morgan fingerprint density at radius 1 is 1.47 bits per heavy atom. The summed E-state index contributed by atoms with van der Waals surface area (Å²) in [7, 11) is 2.83. The number of ether oxygens (including phenoxy) is 2. The lowest BCUT2D eigenvalue weighted by atomic mass is 9.94. The number of carbonyl (C=O) groups excluding carboxylic acids is 1. The molecule has 0 aliphatic rings. The van der Waals surface area contributed by atoms with Crippen LogP contribution in [0.2, 0.25) is 0 Å². The first-order chi connectivity index (χ1) is 8.13. The number of aliphatic hydroxyl groups excluding tert-OH is 1. The maximum absolute atomic E-state index is 11.5. The average Bonchev–Trinajstić information content (AvgIpc) is 2.39. The van der Waals surface area contributed by atoms with Crippen LogP contribution in [-0.2, 0) is 9.53 Å². The molecule has 0 amide bonds. The maximum Gasteiger partial charge on any atom is 0.311 e. The minimum atomic E-state index is -0.911. The molecule has 0 fully saturated rings. The molecule has 2 atom stereocenters. The first kappa shape index (κ1) is 13.4. The van der Waals surface area contributed by atoms with Crippen LogP contribution in [-0.4, -0.2) is 30.3 Å². The van der Waals surface area contributed by atoms with Gasteiger partial charge in [-0.1, -0.05) is 6.92 Å². The first-order valence-corrected chi connectivity index (χ1v) is 5.39. The van der Waals surface area contributed by atoms with Crippen LogP contribution in [0.1, 0.15) is 25.0 Å². The number of hydrogen-bond donors (Lipinski definition) is 1. The molecule has 1 aromatic rings. The molecule has 0 saturated carbocycles. The molecule has 1 heterocycles. The zero-order valence-electron chi connectivity index (χ0n) is 10.2. The molecule has 0 bridgehead atoms. The van der Waals surface area contributed by atoms with E-state index in [0.717, 1.165) is 0 Å². The predicted octanol–water partition coefficient (Wildman–Crippen LogP) is 1.32. The van der Waals surface area contributed by atoms with Crippen LogP contribution in [0, 0.1) is 5.92 Å². The third kappa shape index (κ3) is 3.17. The fraction of sp³-hybridized carbons (Fsp3) is 0.500. The quantitative estimate of drug-likeness (QED) is 0.785. The third-order valence-corrected chi connectivity index (χ3v) is 2.63. The molecule has 1 N–H and O–H groups in total. The van der Waals surface area contributed by atoms with Crippen LogP contribution in [0.15, 0.2) is 18.3 Å². The lowest BCUT2D eigenvalue weighted by molar-refractivity contribution is -0.149. The van der Waals surface area contributed by atoms with Crippen LogP contribution in [0.5, 0.6) is 5.88 Å². The molecular weight excluding hydrogens is 222 g/mol. The Hall–Kier alpha value is -1.62. The zero-order chi connectivity index (χ0) is 12.8. The minimum Gasteiger partial charge on any atom is -0.481 e. The van der Waals surface area contributed by atoms with Gasteiger partial charge in [-0.05, 0) is 18.1 Å². The molecular formula is C12H17NO4. The van der Waals surface area contributed by atoms with E-state index in [0.29, 0.717) is 17.9 Å². The molecule has 0 aromatic carbocycles. The second kappa shape index (κ2) is 6.20. The highest BCUT2D eigenvalue weighted by Gasteiger charge is 2.27. The van der Waals surface area contributed by atoms with Gasteiger partial charge in [-0.25, -0.2) is 4.98 Å². The monoisotopic (exact) mass is 239 g/mol. The zero-order valence-corrected chi connectivity index (χ0v) is 10.2. The average molecular weight is 239 g/mol. The van der Waals surface area contributed by atoms with Gasteiger partial charge in [0.25, 0.3) is 0 Å². The Morgan fingerprint density at radius 2 is 2.18 bits per heavy atom. The van der Waals surface area contributed by atoms with Crippen molar-refractivity contribution in [1.29, 1.82) is 0 Å². The molecule has 1 aromatic heterocycles. The second-order valence-corrected chi connectivity index (χ2v) is 3.62. The van der Waals surface area contributed by atoms with E-state index in [-0.39, 0.29) is 0 Å². The van der Waals surface area contributed by atoms with Crippen LogP contribution in [0.3, 0.4) is 0 Å². The highest BCUT2D eigenvalue weighted by molar-refractivity contribution is 5.73. The van der Waals surface area contributed by atoms with Gasteiger partial charge in [0.1, 0.15) is 0 Å². The summed E-state index contributed by atoms with van der Waals surface area (Å²) in [6.07, 6.45) is 1.08. The maximum atomic E-state index is 11.5. The summed E-state index contributed by atoms with van der Waals surface area (Å²) in [5, 5.41) is 10.1. The van der Waals surface area contributed by atoms with Crippen LogP contribution in [0.4, 0.5) is 0 Å². The SMILES string of the molecule is CCC(C(=O)OC)C(O)c1ccc(OC)nc1. The minimum absolute atomic E-state index is 0.421. The molecule has 0 radical (unpaired) electrons. The molecule has 2 unspecified atom stereocenters. The van der Waals surface area contributed by atoms with Crippen LogP contribution in [0.25, 0.3) is 0 Å². The fourth-order valence-electron chi connectivity index (χ4n) is 1.59. The van der Waals surface area contributed by atoms with Crippen molar-refractivity contribution in [2.75, 3.05) is 14.2 Å². The van der Waals surface area contributed by atoms with Gasteiger partial charge in [0.05, 0.1) is 26.2 Å². The van der Waals surface area contributed by atoms with Crippen molar-refractivity contribution in [1.82, 2.24) is 4.98 Å².